The number of hydrogen-bond acceptors (Lipinski definition) is 3. The topological polar surface area (TPSA) is 66.9 Å². The van der Waals surface area contributed by atoms with Crippen molar-refractivity contribution >= 4 is 33.3 Å². The van der Waals surface area contributed by atoms with Gasteiger partial charge in [-0.1, -0.05) is 0 Å². The maximum Gasteiger partial charge on any atom is 0.209 e. The number of halogens is 1. The largest absolute Gasteiger partial charge is 0.330 e. The van der Waals surface area contributed by atoms with Gasteiger partial charge in [-0.05, 0) is 44.3 Å². The number of H-pyrrole nitrogens is 1. The zero-order valence-electron chi connectivity index (χ0n) is 11.4. The maximum absolute atomic E-state index is 13.2. The van der Waals surface area contributed by atoms with E-state index in [-0.39, 0.29) is 5.82 Å². The van der Waals surface area contributed by atoms with E-state index in [1.165, 1.54) is 12.1 Å². The van der Waals surface area contributed by atoms with Crippen molar-refractivity contribution in [3.05, 3.63) is 28.8 Å². The van der Waals surface area contributed by atoms with Gasteiger partial charge in [0.25, 0.3) is 0 Å². The van der Waals surface area contributed by atoms with Crippen molar-refractivity contribution in [2.24, 2.45) is 0 Å². The number of imidazole rings is 1. The molecule has 5 nitrogen and oxygen atoms in total. The Balaban J connectivity index is 2.44. The fourth-order valence-corrected chi connectivity index (χ4v) is 3.56. The number of rotatable bonds is 4. The summed E-state index contributed by atoms with van der Waals surface area (Å²) in [6.45, 7) is 3.86. The molecule has 0 unspecified atom stereocenters. The highest BCUT2D eigenvalue weighted by Crippen LogP contribution is 2.18. The third-order valence-electron chi connectivity index (χ3n) is 2.75. The lowest BCUT2D eigenvalue weighted by atomic mass is 10.1. The second-order valence-corrected chi connectivity index (χ2v) is 7.57. The molecule has 0 aliphatic rings. The van der Waals surface area contributed by atoms with E-state index in [2.05, 4.69) is 9.71 Å². The van der Waals surface area contributed by atoms with Crippen LogP contribution in [-0.2, 0) is 16.6 Å². The molecule has 2 rings (SSSR count). The van der Waals surface area contributed by atoms with E-state index in [0.29, 0.717) is 16.8 Å². The van der Waals surface area contributed by atoms with Crippen LogP contribution in [-0.4, -0.2) is 29.8 Å². The summed E-state index contributed by atoms with van der Waals surface area (Å²) in [5.41, 5.74) is 0.611. The number of aromatic nitrogens is 2. The predicted octanol–water partition coefficient (Wildman–Crippen LogP) is 2.17. The van der Waals surface area contributed by atoms with Crippen LogP contribution in [0.15, 0.2) is 18.2 Å². The van der Waals surface area contributed by atoms with Gasteiger partial charge in [-0.15, -0.1) is 0 Å². The SMILES string of the molecule is CC(C)(Cn1c(=S)[nH]c2cc(F)ccc21)NS(C)(=O)=O. The highest BCUT2D eigenvalue weighted by molar-refractivity contribution is 7.88. The molecule has 0 amide bonds. The second kappa shape index (κ2) is 4.94. The Hall–Kier alpha value is -1.25. The van der Waals surface area contributed by atoms with Crippen molar-refractivity contribution in [1.82, 2.24) is 14.3 Å². The average molecular weight is 317 g/mol. The lowest BCUT2D eigenvalue weighted by Gasteiger charge is -2.25. The van der Waals surface area contributed by atoms with Crippen LogP contribution in [0.1, 0.15) is 13.8 Å². The van der Waals surface area contributed by atoms with Crippen molar-refractivity contribution in [1.29, 1.82) is 0 Å². The Morgan fingerprint density at radius 2 is 2.10 bits per heavy atom. The molecule has 2 aromatic rings. The van der Waals surface area contributed by atoms with Crippen molar-refractivity contribution in [3.63, 3.8) is 0 Å². The van der Waals surface area contributed by atoms with Crippen LogP contribution in [0.2, 0.25) is 0 Å². The van der Waals surface area contributed by atoms with Crippen LogP contribution < -0.4 is 4.72 Å². The second-order valence-electron chi connectivity index (χ2n) is 5.44. The van der Waals surface area contributed by atoms with Crippen LogP contribution in [0, 0.1) is 10.6 Å². The fourth-order valence-electron chi connectivity index (χ4n) is 2.22. The predicted molar refractivity (Wildman–Crippen MR) is 79.1 cm³/mol. The van der Waals surface area contributed by atoms with Crippen LogP contribution in [0.5, 0.6) is 0 Å². The first-order chi connectivity index (χ1) is 9.07. The van der Waals surface area contributed by atoms with Crippen LogP contribution in [0.4, 0.5) is 4.39 Å². The standard InChI is InChI=1S/C12H16FN3O2S2/c1-12(2,15-20(3,17)18)7-16-10-5-4-8(13)6-9(10)14-11(16)19/h4-6,15H,7H2,1-3H3,(H,14,19). The molecule has 110 valence electrons. The third-order valence-corrected chi connectivity index (χ3v) is 4.00. The Bertz CT molecular complexity index is 806. The van der Waals surface area contributed by atoms with Gasteiger partial charge in [0.1, 0.15) is 5.82 Å². The molecule has 0 aliphatic carbocycles. The third kappa shape index (κ3) is 3.44. The first-order valence-corrected chi connectivity index (χ1v) is 8.24. The summed E-state index contributed by atoms with van der Waals surface area (Å²) in [5, 5.41) is 0. The number of fused-ring (bicyclic) bond motifs is 1. The van der Waals surface area contributed by atoms with Crippen molar-refractivity contribution in [3.8, 4) is 0 Å². The molecule has 1 aromatic carbocycles. The van der Waals surface area contributed by atoms with Gasteiger partial charge in [0.2, 0.25) is 10.0 Å². The highest BCUT2D eigenvalue weighted by Gasteiger charge is 2.24. The fraction of sp³-hybridized carbons (Fsp3) is 0.417. The molecule has 0 atom stereocenters. The van der Waals surface area contributed by atoms with E-state index >= 15 is 0 Å². The van der Waals surface area contributed by atoms with E-state index < -0.39 is 15.6 Å². The Morgan fingerprint density at radius 3 is 2.70 bits per heavy atom. The van der Waals surface area contributed by atoms with E-state index in [9.17, 15) is 12.8 Å². The normalized spacial score (nSPS) is 13.0. The molecular weight excluding hydrogens is 301 g/mol. The minimum Gasteiger partial charge on any atom is -0.330 e. The Kier molecular flexibility index (Phi) is 3.74. The molecule has 0 saturated heterocycles. The minimum absolute atomic E-state index is 0.338. The Morgan fingerprint density at radius 1 is 1.45 bits per heavy atom. The summed E-state index contributed by atoms with van der Waals surface area (Å²) < 4.78 is 40.6. The summed E-state index contributed by atoms with van der Waals surface area (Å²) >= 11 is 5.21. The molecule has 0 saturated carbocycles. The van der Waals surface area contributed by atoms with E-state index in [1.807, 2.05) is 0 Å². The van der Waals surface area contributed by atoms with Gasteiger partial charge in [-0.2, -0.15) is 0 Å². The number of hydrogen-bond donors (Lipinski definition) is 2. The van der Waals surface area contributed by atoms with Crippen molar-refractivity contribution in [2.45, 2.75) is 25.9 Å². The number of sulfonamides is 1. The van der Waals surface area contributed by atoms with Crippen molar-refractivity contribution < 1.29 is 12.8 Å². The van der Waals surface area contributed by atoms with Gasteiger partial charge in [0.05, 0.1) is 17.3 Å². The van der Waals surface area contributed by atoms with Gasteiger partial charge in [-0.3, -0.25) is 0 Å². The molecule has 1 heterocycles. The maximum atomic E-state index is 13.2. The Labute approximate surface area is 121 Å². The average Bonchev–Trinajstić information content (AvgIpc) is 2.50. The van der Waals surface area contributed by atoms with Crippen LogP contribution in [0.25, 0.3) is 11.0 Å². The summed E-state index contributed by atoms with van der Waals surface area (Å²) in [4.78, 5) is 2.91. The number of benzene rings is 1. The molecular formula is C12H16FN3O2S2. The van der Waals surface area contributed by atoms with Gasteiger partial charge < -0.3 is 9.55 Å². The number of nitrogens with one attached hydrogen (secondary N) is 2. The first-order valence-electron chi connectivity index (χ1n) is 5.94. The molecule has 0 radical (unpaired) electrons. The van der Waals surface area contributed by atoms with Gasteiger partial charge in [-0.25, -0.2) is 17.5 Å². The minimum atomic E-state index is -3.33. The van der Waals surface area contributed by atoms with E-state index in [1.54, 1.807) is 24.5 Å². The smallest absolute Gasteiger partial charge is 0.209 e. The lowest BCUT2D eigenvalue weighted by Crippen LogP contribution is -2.46. The summed E-state index contributed by atoms with van der Waals surface area (Å²) in [5.74, 6) is -0.352. The van der Waals surface area contributed by atoms with Crippen molar-refractivity contribution in [2.75, 3.05) is 6.26 Å². The molecule has 20 heavy (non-hydrogen) atoms. The molecule has 1 aromatic heterocycles. The van der Waals surface area contributed by atoms with Crippen LogP contribution >= 0.6 is 12.2 Å². The van der Waals surface area contributed by atoms with E-state index in [4.69, 9.17) is 12.2 Å². The van der Waals surface area contributed by atoms with Gasteiger partial charge in [0.15, 0.2) is 4.77 Å². The quantitative estimate of drug-likeness (QED) is 0.849. The molecule has 0 bridgehead atoms. The summed E-state index contributed by atoms with van der Waals surface area (Å²) in [7, 11) is -3.33. The molecule has 0 fully saturated rings. The lowest BCUT2D eigenvalue weighted by molar-refractivity contribution is 0.394. The summed E-state index contributed by atoms with van der Waals surface area (Å²) in [6, 6.07) is 4.32. The van der Waals surface area contributed by atoms with E-state index in [0.717, 1.165) is 11.8 Å². The zero-order valence-corrected chi connectivity index (χ0v) is 13.0. The molecule has 2 N–H and O–H groups in total. The van der Waals surface area contributed by atoms with Crippen LogP contribution in [0.3, 0.4) is 0 Å². The zero-order chi connectivity index (χ0) is 15.1. The summed E-state index contributed by atoms with van der Waals surface area (Å²) in [6.07, 6.45) is 1.11. The first kappa shape index (κ1) is 15.1. The van der Waals surface area contributed by atoms with Gasteiger partial charge >= 0.3 is 0 Å². The molecule has 0 aliphatic heterocycles. The highest BCUT2D eigenvalue weighted by atomic mass is 32.2. The molecule has 8 heteroatoms. The number of aromatic amines is 1. The number of nitrogens with zero attached hydrogens (tertiary/aromatic N) is 1. The molecule has 0 spiro atoms. The monoisotopic (exact) mass is 317 g/mol. The van der Waals surface area contributed by atoms with Gasteiger partial charge in [0, 0.05) is 12.1 Å².